The number of nitrogens with zero attached hydrogens (tertiary/aromatic N) is 1. The van der Waals surface area contributed by atoms with Crippen molar-refractivity contribution < 1.29 is 31.1 Å². The van der Waals surface area contributed by atoms with Gasteiger partial charge in [-0.25, -0.2) is 26.4 Å². The Balaban J connectivity index is 1.46. The van der Waals surface area contributed by atoms with E-state index in [0.717, 1.165) is 12.8 Å². The van der Waals surface area contributed by atoms with Gasteiger partial charge in [0.05, 0.1) is 23.3 Å². The van der Waals surface area contributed by atoms with Gasteiger partial charge in [0.2, 0.25) is 20.0 Å². The van der Waals surface area contributed by atoms with Gasteiger partial charge in [0.25, 0.3) is 0 Å². The van der Waals surface area contributed by atoms with Crippen molar-refractivity contribution in [2.24, 2.45) is 0 Å². The Bertz CT molecular complexity index is 1120. The molecular formula is C21H26N2O7S2. The fourth-order valence-corrected chi connectivity index (χ4v) is 5.92. The first-order valence-corrected chi connectivity index (χ1v) is 13.2. The molecule has 0 saturated carbocycles. The van der Waals surface area contributed by atoms with Crippen LogP contribution in [0.3, 0.4) is 0 Å². The number of rotatable bonds is 10. The van der Waals surface area contributed by atoms with Gasteiger partial charge in [-0.15, -0.1) is 0 Å². The van der Waals surface area contributed by atoms with E-state index < -0.39 is 26.0 Å². The SMILES string of the molecule is COC(=O)c1ccc(CS(=O)(=O)NCCOc2ccc(S(=O)(=O)N3CCCC3)cc2)cc1. The molecular weight excluding hydrogens is 456 g/mol. The first-order valence-electron chi connectivity index (χ1n) is 10.1. The molecule has 2 aromatic rings. The maximum Gasteiger partial charge on any atom is 0.337 e. The molecule has 1 heterocycles. The average Bonchev–Trinajstić information content (AvgIpc) is 3.33. The van der Waals surface area contributed by atoms with Gasteiger partial charge >= 0.3 is 5.97 Å². The topological polar surface area (TPSA) is 119 Å². The second-order valence-electron chi connectivity index (χ2n) is 7.27. The Morgan fingerprint density at radius 3 is 2.19 bits per heavy atom. The lowest BCUT2D eigenvalue weighted by molar-refractivity contribution is 0.0600. The molecule has 3 rings (SSSR count). The third-order valence-electron chi connectivity index (χ3n) is 4.95. The van der Waals surface area contributed by atoms with Crippen LogP contribution in [0.25, 0.3) is 0 Å². The summed E-state index contributed by atoms with van der Waals surface area (Å²) < 4.78 is 63.6. The lowest BCUT2D eigenvalue weighted by atomic mass is 10.1. The van der Waals surface area contributed by atoms with Gasteiger partial charge < -0.3 is 9.47 Å². The Morgan fingerprint density at radius 2 is 1.59 bits per heavy atom. The Hall–Kier alpha value is -2.47. The van der Waals surface area contributed by atoms with E-state index in [1.54, 1.807) is 24.3 Å². The van der Waals surface area contributed by atoms with Gasteiger partial charge in [-0.2, -0.15) is 4.31 Å². The third-order valence-corrected chi connectivity index (χ3v) is 8.22. The highest BCUT2D eigenvalue weighted by molar-refractivity contribution is 7.89. The number of nitrogens with one attached hydrogen (secondary N) is 1. The summed E-state index contributed by atoms with van der Waals surface area (Å²) in [5.74, 6) is -0.281. The van der Waals surface area contributed by atoms with Gasteiger partial charge in [-0.3, -0.25) is 0 Å². The quantitative estimate of drug-likeness (QED) is 0.405. The number of hydrogen-bond acceptors (Lipinski definition) is 7. The fraction of sp³-hybridized carbons (Fsp3) is 0.381. The zero-order chi connectivity index (χ0) is 23.2. The standard InChI is InChI=1S/C21H26N2O7S2/c1-29-21(24)18-6-4-17(5-7-18)16-31(25,26)22-12-15-30-19-8-10-20(11-9-19)32(27,28)23-13-2-3-14-23/h4-11,22H,2-3,12-16H2,1H3. The zero-order valence-electron chi connectivity index (χ0n) is 17.7. The largest absolute Gasteiger partial charge is 0.492 e. The monoisotopic (exact) mass is 482 g/mol. The van der Waals surface area contributed by atoms with Crippen LogP contribution in [0, 0.1) is 0 Å². The molecule has 9 nitrogen and oxygen atoms in total. The molecule has 1 N–H and O–H groups in total. The number of methoxy groups -OCH3 is 1. The van der Waals surface area contributed by atoms with E-state index >= 15 is 0 Å². The summed E-state index contributed by atoms with van der Waals surface area (Å²) in [5, 5.41) is 0. The molecule has 1 fully saturated rings. The summed E-state index contributed by atoms with van der Waals surface area (Å²) in [5.41, 5.74) is 0.870. The van der Waals surface area contributed by atoms with Crippen LogP contribution in [0.2, 0.25) is 0 Å². The average molecular weight is 483 g/mol. The number of benzene rings is 2. The molecule has 0 unspecified atom stereocenters. The molecule has 1 aliphatic heterocycles. The minimum absolute atomic E-state index is 0.0520. The van der Waals surface area contributed by atoms with Crippen molar-refractivity contribution >= 4 is 26.0 Å². The van der Waals surface area contributed by atoms with Crippen molar-refractivity contribution in [1.82, 2.24) is 9.03 Å². The van der Waals surface area contributed by atoms with Crippen LogP contribution in [0.1, 0.15) is 28.8 Å². The van der Waals surface area contributed by atoms with Gasteiger partial charge in [-0.05, 0) is 54.8 Å². The molecule has 2 aromatic carbocycles. The van der Waals surface area contributed by atoms with Crippen molar-refractivity contribution in [3.63, 3.8) is 0 Å². The van der Waals surface area contributed by atoms with Crippen LogP contribution >= 0.6 is 0 Å². The van der Waals surface area contributed by atoms with Gasteiger partial charge in [0.15, 0.2) is 0 Å². The summed E-state index contributed by atoms with van der Waals surface area (Å²) in [6, 6.07) is 12.2. The molecule has 0 aliphatic carbocycles. The molecule has 0 amide bonds. The first kappa shape index (κ1) is 24.2. The molecule has 0 radical (unpaired) electrons. The Labute approximate surface area is 188 Å². The summed E-state index contributed by atoms with van der Waals surface area (Å²) in [6.07, 6.45) is 1.74. The third kappa shape index (κ3) is 6.28. The maximum atomic E-state index is 12.5. The van der Waals surface area contributed by atoms with E-state index in [1.807, 2.05) is 0 Å². The summed E-state index contributed by atoms with van der Waals surface area (Å²) in [4.78, 5) is 11.6. The highest BCUT2D eigenvalue weighted by atomic mass is 32.2. The van der Waals surface area contributed by atoms with Crippen LogP contribution in [0.15, 0.2) is 53.4 Å². The van der Waals surface area contributed by atoms with Gasteiger partial charge in [0.1, 0.15) is 12.4 Å². The van der Waals surface area contributed by atoms with Crippen LogP contribution < -0.4 is 9.46 Å². The molecule has 1 aliphatic rings. The predicted octanol–water partition coefficient (Wildman–Crippen LogP) is 1.76. The van der Waals surface area contributed by atoms with Crippen molar-refractivity contribution in [1.29, 1.82) is 0 Å². The minimum atomic E-state index is -3.59. The molecule has 0 atom stereocenters. The van der Waals surface area contributed by atoms with E-state index in [1.165, 1.54) is 35.7 Å². The lowest BCUT2D eigenvalue weighted by Gasteiger charge is -2.15. The smallest absolute Gasteiger partial charge is 0.337 e. The lowest BCUT2D eigenvalue weighted by Crippen LogP contribution is -2.29. The van der Waals surface area contributed by atoms with E-state index in [2.05, 4.69) is 9.46 Å². The van der Waals surface area contributed by atoms with E-state index in [0.29, 0.717) is 30.0 Å². The number of carbonyl (C=O) groups excluding carboxylic acids is 1. The van der Waals surface area contributed by atoms with Crippen molar-refractivity contribution in [2.45, 2.75) is 23.5 Å². The van der Waals surface area contributed by atoms with E-state index in [9.17, 15) is 21.6 Å². The summed E-state index contributed by atoms with van der Waals surface area (Å²) in [6.45, 7) is 1.21. The number of esters is 1. The van der Waals surface area contributed by atoms with Crippen molar-refractivity contribution in [3.8, 4) is 5.75 Å². The van der Waals surface area contributed by atoms with Crippen molar-refractivity contribution in [3.05, 3.63) is 59.7 Å². The number of carbonyl (C=O) groups is 1. The molecule has 0 aromatic heterocycles. The highest BCUT2D eigenvalue weighted by Crippen LogP contribution is 2.22. The maximum absolute atomic E-state index is 12.5. The fourth-order valence-electron chi connectivity index (χ4n) is 3.28. The first-order chi connectivity index (χ1) is 15.2. The molecule has 11 heteroatoms. The minimum Gasteiger partial charge on any atom is -0.492 e. The second-order valence-corrected chi connectivity index (χ2v) is 11.0. The van der Waals surface area contributed by atoms with Crippen LogP contribution in [0.4, 0.5) is 0 Å². The van der Waals surface area contributed by atoms with Crippen LogP contribution in [-0.4, -0.2) is 60.5 Å². The molecule has 1 saturated heterocycles. The molecule has 0 bridgehead atoms. The second kappa shape index (κ2) is 10.4. The number of sulfonamides is 2. The predicted molar refractivity (Wildman–Crippen MR) is 118 cm³/mol. The number of ether oxygens (including phenoxy) is 2. The molecule has 174 valence electrons. The summed E-state index contributed by atoms with van der Waals surface area (Å²) in [7, 11) is -5.80. The molecule has 32 heavy (non-hydrogen) atoms. The van der Waals surface area contributed by atoms with Crippen molar-refractivity contribution in [2.75, 3.05) is 33.4 Å². The normalized spacial score (nSPS) is 14.9. The zero-order valence-corrected chi connectivity index (χ0v) is 19.3. The number of hydrogen-bond donors (Lipinski definition) is 1. The van der Waals surface area contributed by atoms with Crippen LogP contribution in [-0.2, 0) is 30.5 Å². The van der Waals surface area contributed by atoms with Gasteiger partial charge in [-0.1, -0.05) is 12.1 Å². The van der Waals surface area contributed by atoms with Crippen LogP contribution in [0.5, 0.6) is 5.75 Å². The molecule has 0 spiro atoms. The summed E-state index contributed by atoms with van der Waals surface area (Å²) >= 11 is 0. The Morgan fingerprint density at radius 1 is 0.969 bits per heavy atom. The van der Waals surface area contributed by atoms with E-state index in [4.69, 9.17) is 4.74 Å². The highest BCUT2D eigenvalue weighted by Gasteiger charge is 2.26. The van der Waals surface area contributed by atoms with E-state index in [-0.39, 0.29) is 23.8 Å². The Kier molecular flexibility index (Phi) is 7.88. The van der Waals surface area contributed by atoms with Gasteiger partial charge in [0, 0.05) is 19.6 Å².